The van der Waals surface area contributed by atoms with Gasteiger partial charge in [0.1, 0.15) is 11.5 Å². The van der Waals surface area contributed by atoms with Crippen LogP contribution in [0.4, 0.5) is 0 Å². The lowest BCUT2D eigenvalue weighted by atomic mass is 9.86. The van der Waals surface area contributed by atoms with E-state index >= 15 is 0 Å². The molecule has 0 heterocycles. The van der Waals surface area contributed by atoms with E-state index in [1.165, 1.54) is 31.2 Å². The molecule has 2 aromatic carbocycles. The van der Waals surface area contributed by atoms with Gasteiger partial charge < -0.3 is 9.47 Å². The van der Waals surface area contributed by atoms with Crippen molar-refractivity contribution in [2.24, 2.45) is 0 Å². The van der Waals surface area contributed by atoms with E-state index in [-0.39, 0.29) is 11.4 Å². The molecule has 152 valence electrons. The lowest BCUT2D eigenvalue weighted by Crippen LogP contribution is -2.13. The van der Waals surface area contributed by atoms with Crippen molar-refractivity contribution in [1.29, 1.82) is 0 Å². The minimum absolute atomic E-state index is 0.0686. The molecule has 28 heavy (non-hydrogen) atoms. The first-order chi connectivity index (χ1) is 13.3. The van der Waals surface area contributed by atoms with Gasteiger partial charge in [-0.2, -0.15) is 0 Å². The standard InChI is InChI=1S/C25H34O3/c1-6-7-8-9-10-17-27-22-14-11-20(12-15-22)24(26)28-23-16-13-21(18-19(23)2)25(3,4)5/h11-16,18H,6-10,17H2,1-5H3. The number of hydrogen-bond donors (Lipinski definition) is 0. The molecule has 0 atom stereocenters. The summed E-state index contributed by atoms with van der Waals surface area (Å²) in [5.41, 5.74) is 2.78. The van der Waals surface area contributed by atoms with E-state index in [0.29, 0.717) is 17.9 Å². The van der Waals surface area contributed by atoms with Gasteiger partial charge in [0.15, 0.2) is 0 Å². The lowest BCUT2D eigenvalue weighted by Gasteiger charge is -2.20. The number of rotatable bonds is 9. The van der Waals surface area contributed by atoms with Gasteiger partial charge in [-0.1, -0.05) is 65.5 Å². The number of esters is 1. The number of carbonyl (C=O) groups is 1. The van der Waals surface area contributed by atoms with Crippen LogP contribution in [0, 0.1) is 6.92 Å². The highest BCUT2D eigenvalue weighted by Crippen LogP contribution is 2.28. The molecule has 3 nitrogen and oxygen atoms in total. The Morgan fingerprint density at radius 3 is 2.21 bits per heavy atom. The minimum atomic E-state index is -0.349. The molecule has 2 rings (SSSR count). The fourth-order valence-electron chi connectivity index (χ4n) is 2.97. The van der Waals surface area contributed by atoms with Gasteiger partial charge in [-0.25, -0.2) is 4.79 Å². The summed E-state index contributed by atoms with van der Waals surface area (Å²) in [4.78, 5) is 12.5. The molecule has 0 amide bonds. The third-order valence-corrected chi connectivity index (χ3v) is 4.85. The van der Waals surface area contributed by atoms with Gasteiger partial charge in [-0.15, -0.1) is 0 Å². The molecule has 0 saturated carbocycles. The van der Waals surface area contributed by atoms with Gasteiger partial charge in [0.05, 0.1) is 12.2 Å². The van der Waals surface area contributed by atoms with Crippen LogP contribution in [-0.2, 0) is 5.41 Å². The second-order valence-electron chi connectivity index (χ2n) is 8.41. The zero-order valence-electron chi connectivity index (χ0n) is 18.0. The van der Waals surface area contributed by atoms with Gasteiger partial charge in [0, 0.05) is 0 Å². The first kappa shape index (κ1) is 22.0. The molecular weight excluding hydrogens is 348 g/mol. The predicted molar refractivity (Wildman–Crippen MR) is 116 cm³/mol. The first-order valence-electron chi connectivity index (χ1n) is 10.4. The highest BCUT2D eigenvalue weighted by molar-refractivity contribution is 5.91. The molecule has 2 aromatic rings. The predicted octanol–water partition coefficient (Wildman–Crippen LogP) is 6.86. The van der Waals surface area contributed by atoms with E-state index < -0.39 is 0 Å². The molecule has 3 heteroatoms. The number of aryl methyl sites for hydroxylation is 1. The summed E-state index contributed by atoms with van der Waals surface area (Å²) in [7, 11) is 0. The molecule has 0 spiro atoms. The molecule has 0 N–H and O–H groups in total. The van der Waals surface area contributed by atoms with Crippen LogP contribution in [0.25, 0.3) is 0 Å². The van der Waals surface area contributed by atoms with Crippen molar-refractivity contribution < 1.29 is 14.3 Å². The molecule has 0 aliphatic heterocycles. The number of ether oxygens (including phenoxy) is 2. The Morgan fingerprint density at radius 1 is 0.929 bits per heavy atom. The van der Waals surface area contributed by atoms with Crippen molar-refractivity contribution in [2.45, 2.75) is 72.1 Å². The number of benzene rings is 2. The quantitative estimate of drug-likeness (QED) is 0.270. The zero-order valence-corrected chi connectivity index (χ0v) is 18.0. The zero-order chi connectivity index (χ0) is 20.6. The van der Waals surface area contributed by atoms with Crippen molar-refractivity contribution in [3.05, 3.63) is 59.2 Å². The van der Waals surface area contributed by atoms with Crippen LogP contribution in [0.2, 0.25) is 0 Å². The van der Waals surface area contributed by atoms with Crippen molar-refractivity contribution in [3.8, 4) is 11.5 Å². The lowest BCUT2D eigenvalue weighted by molar-refractivity contribution is 0.0733. The number of carbonyl (C=O) groups excluding carboxylic acids is 1. The Kier molecular flexibility index (Phi) is 8.10. The molecule has 0 aliphatic rings. The summed E-state index contributed by atoms with van der Waals surface area (Å²) in [6, 6.07) is 13.2. The van der Waals surface area contributed by atoms with Crippen LogP contribution in [0.5, 0.6) is 11.5 Å². The van der Waals surface area contributed by atoms with Crippen LogP contribution < -0.4 is 9.47 Å². The molecule has 0 radical (unpaired) electrons. The summed E-state index contributed by atoms with van der Waals surface area (Å²) in [5, 5.41) is 0. The van der Waals surface area contributed by atoms with Crippen molar-refractivity contribution >= 4 is 5.97 Å². The topological polar surface area (TPSA) is 35.5 Å². The van der Waals surface area contributed by atoms with Gasteiger partial charge in [0.25, 0.3) is 0 Å². The maximum absolute atomic E-state index is 12.5. The maximum Gasteiger partial charge on any atom is 0.343 e. The SMILES string of the molecule is CCCCCCCOc1ccc(C(=O)Oc2ccc(C(C)(C)C)cc2C)cc1. The Bertz CT molecular complexity index is 754. The highest BCUT2D eigenvalue weighted by Gasteiger charge is 2.16. The van der Waals surface area contributed by atoms with Crippen LogP contribution >= 0.6 is 0 Å². The van der Waals surface area contributed by atoms with Crippen LogP contribution in [0.1, 0.15) is 81.3 Å². The molecule has 0 bridgehead atoms. The van der Waals surface area contributed by atoms with E-state index in [0.717, 1.165) is 17.7 Å². The highest BCUT2D eigenvalue weighted by atomic mass is 16.5. The van der Waals surface area contributed by atoms with Crippen LogP contribution in [0.3, 0.4) is 0 Å². The minimum Gasteiger partial charge on any atom is -0.494 e. The summed E-state index contributed by atoms with van der Waals surface area (Å²) in [5.74, 6) is 1.04. The smallest absolute Gasteiger partial charge is 0.343 e. The monoisotopic (exact) mass is 382 g/mol. The first-order valence-corrected chi connectivity index (χ1v) is 10.4. The Balaban J connectivity index is 1.89. The summed E-state index contributed by atoms with van der Waals surface area (Å²) in [6.07, 6.45) is 6.06. The molecule has 0 fully saturated rings. The van der Waals surface area contributed by atoms with Gasteiger partial charge in [-0.3, -0.25) is 0 Å². The molecular formula is C25H34O3. The average Bonchev–Trinajstić information content (AvgIpc) is 2.65. The summed E-state index contributed by atoms with van der Waals surface area (Å²) < 4.78 is 11.3. The van der Waals surface area contributed by atoms with E-state index in [4.69, 9.17) is 9.47 Å². The van der Waals surface area contributed by atoms with E-state index in [1.807, 2.05) is 31.2 Å². The third kappa shape index (κ3) is 6.70. The van der Waals surface area contributed by atoms with Crippen molar-refractivity contribution in [1.82, 2.24) is 0 Å². The number of unbranched alkanes of at least 4 members (excludes halogenated alkanes) is 4. The molecule has 0 saturated heterocycles. The van der Waals surface area contributed by atoms with Gasteiger partial charge in [0.2, 0.25) is 0 Å². The fraction of sp³-hybridized carbons (Fsp3) is 0.480. The second-order valence-corrected chi connectivity index (χ2v) is 8.41. The Hall–Kier alpha value is -2.29. The Morgan fingerprint density at radius 2 is 1.61 bits per heavy atom. The van der Waals surface area contributed by atoms with E-state index in [1.54, 1.807) is 12.1 Å². The second kappa shape index (κ2) is 10.3. The fourth-order valence-corrected chi connectivity index (χ4v) is 2.97. The van der Waals surface area contributed by atoms with Crippen molar-refractivity contribution in [2.75, 3.05) is 6.61 Å². The molecule has 0 aromatic heterocycles. The Labute approximate surface area is 170 Å². The van der Waals surface area contributed by atoms with E-state index in [2.05, 4.69) is 33.8 Å². The van der Waals surface area contributed by atoms with Crippen LogP contribution in [-0.4, -0.2) is 12.6 Å². The number of hydrogen-bond acceptors (Lipinski definition) is 3. The van der Waals surface area contributed by atoms with Crippen LogP contribution in [0.15, 0.2) is 42.5 Å². The van der Waals surface area contributed by atoms with E-state index in [9.17, 15) is 4.79 Å². The maximum atomic E-state index is 12.5. The van der Waals surface area contributed by atoms with Gasteiger partial charge >= 0.3 is 5.97 Å². The molecule has 0 aliphatic carbocycles. The third-order valence-electron chi connectivity index (χ3n) is 4.85. The summed E-state index contributed by atoms with van der Waals surface area (Å²) in [6.45, 7) is 11.4. The normalized spacial score (nSPS) is 11.3. The largest absolute Gasteiger partial charge is 0.494 e. The molecule has 0 unspecified atom stereocenters. The summed E-state index contributed by atoms with van der Waals surface area (Å²) >= 11 is 0. The van der Waals surface area contributed by atoms with Crippen molar-refractivity contribution in [3.63, 3.8) is 0 Å². The average molecular weight is 383 g/mol. The van der Waals surface area contributed by atoms with Gasteiger partial charge in [-0.05, 0) is 60.2 Å².